The molecule has 0 N–H and O–H groups in total. The van der Waals surface area contributed by atoms with Crippen molar-refractivity contribution in [3.8, 4) is 0 Å². The summed E-state index contributed by atoms with van der Waals surface area (Å²) in [5.74, 6) is -0.907. The molecule has 64 heavy (non-hydrogen) atoms. The first-order chi connectivity index (χ1) is 31.5. The number of esters is 3. The Labute approximate surface area is 397 Å². The summed E-state index contributed by atoms with van der Waals surface area (Å²) >= 11 is 0. The molecule has 0 saturated carbocycles. The predicted octanol–water partition coefficient (Wildman–Crippen LogP) is 18.3. The summed E-state index contributed by atoms with van der Waals surface area (Å²) in [5.41, 5.74) is 0. The Balaban J connectivity index is 4.35. The van der Waals surface area contributed by atoms with Crippen molar-refractivity contribution in [2.75, 3.05) is 13.2 Å². The highest BCUT2D eigenvalue weighted by Gasteiger charge is 2.19. The van der Waals surface area contributed by atoms with E-state index in [0.717, 1.165) is 70.6 Å². The van der Waals surface area contributed by atoms with Crippen molar-refractivity contribution in [3.63, 3.8) is 0 Å². The van der Waals surface area contributed by atoms with Crippen molar-refractivity contribution in [2.45, 2.75) is 290 Å². The summed E-state index contributed by atoms with van der Waals surface area (Å²) in [6.45, 7) is 6.50. The summed E-state index contributed by atoms with van der Waals surface area (Å²) in [7, 11) is 0. The molecule has 0 aromatic carbocycles. The van der Waals surface area contributed by atoms with E-state index in [1.165, 1.54) is 173 Å². The van der Waals surface area contributed by atoms with E-state index in [4.69, 9.17) is 14.2 Å². The second-order valence-electron chi connectivity index (χ2n) is 18.6. The van der Waals surface area contributed by atoms with Gasteiger partial charge in [-0.3, -0.25) is 14.4 Å². The molecule has 0 aliphatic rings. The van der Waals surface area contributed by atoms with Crippen LogP contribution >= 0.6 is 0 Å². The number of ether oxygens (including phenoxy) is 3. The number of hydrogen-bond acceptors (Lipinski definition) is 6. The summed E-state index contributed by atoms with van der Waals surface area (Å²) in [4.78, 5) is 38.0. The van der Waals surface area contributed by atoms with Crippen LogP contribution in [0, 0.1) is 0 Å². The van der Waals surface area contributed by atoms with Crippen LogP contribution in [0.4, 0.5) is 0 Å². The van der Waals surface area contributed by atoms with E-state index in [2.05, 4.69) is 39.0 Å². The Morgan fingerprint density at radius 1 is 0.328 bits per heavy atom. The maximum Gasteiger partial charge on any atom is 0.306 e. The van der Waals surface area contributed by atoms with Gasteiger partial charge in [0.2, 0.25) is 0 Å². The van der Waals surface area contributed by atoms with Gasteiger partial charge >= 0.3 is 17.9 Å². The Morgan fingerprint density at radius 3 is 0.953 bits per heavy atom. The van der Waals surface area contributed by atoms with Crippen LogP contribution in [-0.2, 0) is 28.6 Å². The molecule has 6 heteroatoms. The smallest absolute Gasteiger partial charge is 0.306 e. The molecule has 0 aliphatic carbocycles. The minimum absolute atomic E-state index is 0.0816. The average Bonchev–Trinajstić information content (AvgIpc) is 3.29. The molecule has 0 saturated heterocycles. The normalized spacial score (nSPS) is 12.4. The first-order valence-electron chi connectivity index (χ1n) is 27.7. The van der Waals surface area contributed by atoms with E-state index >= 15 is 0 Å². The van der Waals surface area contributed by atoms with Gasteiger partial charge in [0, 0.05) is 19.3 Å². The molecule has 0 aromatic rings. The van der Waals surface area contributed by atoms with Crippen LogP contribution in [0.1, 0.15) is 284 Å². The van der Waals surface area contributed by atoms with Gasteiger partial charge in [-0.1, -0.05) is 275 Å². The van der Waals surface area contributed by atoms with Gasteiger partial charge in [0.1, 0.15) is 13.2 Å². The van der Waals surface area contributed by atoms with Gasteiger partial charge in [-0.2, -0.15) is 0 Å². The van der Waals surface area contributed by atoms with E-state index in [0.29, 0.717) is 19.3 Å². The predicted molar refractivity (Wildman–Crippen MR) is 275 cm³/mol. The molecule has 0 aromatic heterocycles. The summed E-state index contributed by atoms with van der Waals surface area (Å²) in [5, 5.41) is 0. The number of rotatable bonds is 50. The van der Waals surface area contributed by atoms with Gasteiger partial charge in [-0.25, -0.2) is 0 Å². The Bertz CT molecular complexity index is 1120. The average molecular weight is 897 g/mol. The number of hydrogen-bond donors (Lipinski definition) is 0. The van der Waals surface area contributed by atoms with Crippen LogP contribution in [0.15, 0.2) is 48.6 Å². The lowest BCUT2D eigenvalue weighted by atomic mass is 10.0. The molecule has 6 nitrogen and oxygen atoms in total. The summed E-state index contributed by atoms with van der Waals surface area (Å²) < 4.78 is 16.8. The maximum absolute atomic E-state index is 12.8. The van der Waals surface area contributed by atoms with Crippen molar-refractivity contribution < 1.29 is 28.6 Å². The van der Waals surface area contributed by atoms with Crippen LogP contribution in [0.3, 0.4) is 0 Å². The monoisotopic (exact) mass is 897 g/mol. The number of unbranched alkanes of at least 4 members (excludes halogenated alkanes) is 34. The maximum atomic E-state index is 12.8. The molecular formula is C58H104O6. The topological polar surface area (TPSA) is 78.9 Å². The zero-order valence-electron chi connectivity index (χ0n) is 42.6. The molecule has 1 atom stereocenters. The highest BCUT2D eigenvalue weighted by Crippen LogP contribution is 2.17. The lowest BCUT2D eigenvalue weighted by Crippen LogP contribution is -2.30. The zero-order chi connectivity index (χ0) is 46.5. The van der Waals surface area contributed by atoms with Crippen molar-refractivity contribution in [2.24, 2.45) is 0 Å². The Morgan fingerprint density at radius 2 is 0.609 bits per heavy atom. The zero-order valence-corrected chi connectivity index (χ0v) is 42.6. The third-order valence-corrected chi connectivity index (χ3v) is 12.2. The number of carbonyl (C=O) groups excluding carboxylic acids is 3. The van der Waals surface area contributed by atoms with Crippen molar-refractivity contribution in [1.82, 2.24) is 0 Å². The van der Waals surface area contributed by atoms with Crippen molar-refractivity contribution >= 4 is 17.9 Å². The van der Waals surface area contributed by atoms with Gasteiger partial charge < -0.3 is 14.2 Å². The Hall–Kier alpha value is -2.63. The first-order valence-corrected chi connectivity index (χ1v) is 27.7. The highest BCUT2D eigenvalue weighted by molar-refractivity contribution is 5.71. The number of carbonyl (C=O) groups is 3. The fourth-order valence-electron chi connectivity index (χ4n) is 8.04. The van der Waals surface area contributed by atoms with E-state index in [9.17, 15) is 14.4 Å². The first kappa shape index (κ1) is 61.4. The molecule has 0 amide bonds. The van der Waals surface area contributed by atoms with Gasteiger partial charge in [-0.15, -0.1) is 0 Å². The lowest BCUT2D eigenvalue weighted by Gasteiger charge is -2.18. The van der Waals surface area contributed by atoms with Crippen LogP contribution < -0.4 is 0 Å². The second-order valence-corrected chi connectivity index (χ2v) is 18.6. The van der Waals surface area contributed by atoms with Gasteiger partial charge in [0.25, 0.3) is 0 Å². The quantitative estimate of drug-likeness (QED) is 0.0262. The molecule has 0 fully saturated rings. The van der Waals surface area contributed by atoms with Crippen LogP contribution in [0.25, 0.3) is 0 Å². The third kappa shape index (κ3) is 50.4. The van der Waals surface area contributed by atoms with E-state index in [1.54, 1.807) is 0 Å². The molecule has 0 radical (unpaired) electrons. The standard InChI is InChI=1S/C58H104O6/c1-4-7-10-13-16-19-22-25-27-28-29-31-33-36-39-42-45-48-51-57(60)63-54-55(53-62-56(59)50-47-44-41-38-35-32-24-21-18-15-12-9-6-3)64-58(61)52-49-46-43-40-37-34-30-26-23-20-17-14-11-8-5-2/h9,12,15,18,21,24,32,35,55H,4-8,10-11,13-14,16-17,19-20,22-23,25-31,33-34,36-54H2,1-3H3/b12-9-,18-15-,24-21-,35-32-. The molecule has 372 valence electrons. The van der Waals surface area contributed by atoms with Gasteiger partial charge in [-0.05, 0) is 38.5 Å². The largest absolute Gasteiger partial charge is 0.462 e. The van der Waals surface area contributed by atoms with E-state index in [1.807, 2.05) is 30.4 Å². The van der Waals surface area contributed by atoms with E-state index in [-0.39, 0.29) is 31.1 Å². The summed E-state index contributed by atoms with van der Waals surface area (Å²) in [6.07, 6.45) is 63.9. The third-order valence-electron chi connectivity index (χ3n) is 12.2. The van der Waals surface area contributed by atoms with Gasteiger partial charge in [0.05, 0.1) is 0 Å². The molecule has 0 heterocycles. The fraction of sp³-hybridized carbons (Fsp3) is 0.810. The SMILES string of the molecule is CC\C=C/C=C\C=C/C=C\CCCCCC(=O)OCC(COC(=O)CCCCCCCCCCCCCCCCCCCC)OC(=O)CCCCCCCCCCCCCCCCC. The van der Waals surface area contributed by atoms with E-state index < -0.39 is 6.10 Å². The molecule has 0 bridgehead atoms. The molecule has 0 rings (SSSR count). The minimum Gasteiger partial charge on any atom is -0.462 e. The van der Waals surface area contributed by atoms with Crippen molar-refractivity contribution in [1.29, 1.82) is 0 Å². The molecule has 0 aliphatic heterocycles. The van der Waals surface area contributed by atoms with Crippen LogP contribution in [-0.4, -0.2) is 37.2 Å². The van der Waals surface area contributed by atoms with Crippen LogP contribution in [0.2, 0.25) is 0 Å². The molecule has 0 spiro atoms. The minimum atomic E-state index is -0.784. The second kappa shape index (κ2) is 53.0. The molecule has 1 unspecified atom stereocenters. The highest BCUT2D eigenvalue weighted by atomic mass is 16.6. The fourth-order valence-corrected chi connectivity index (χ4v) is 8.04. The lowest BCUT2D eigenvalue weighted by molar-refractivity contribution is -0.167. The van der Waals surface area contributed by atoms with Gasteiger partial charge in [0.15, 0.2) is 6.10 Å². The number of allylic oxidation sites excluding steroid dienone is 8. The Kier molecular flexibility index (Phi) is 50.8. The molecular weight excluding hydrogens is 793 g/mol. The van der Waals surface area contributed by atoms with Crippen LogP contribution in [0.5, 0.6) is 0 Å². The van der Waals surface area contributed by atoms with Crippen molar-refractivity contribution in [3.05, 3.63) is 48.6 Å². The summed E-state index contributed by atoms with van der Waals surface area (Å²) in [6, 6.07) is 0.